The van der Waals surface area contributed by atoms with Gasteiger partial charge in [0.05, 0.1) is 0 Å². The van der Waals surface area contributed by atoms with Crippen LogP contribution in [0.25, 0.3) is 6.08 Å². The minimum absolute atomic E-state index is 0.0140. The molecule has 1 aliphatic heterocycles. The highest BCUT2D eigenvalue weighted by Gasteiger charge is 2.49. The zero-order valence-electron chi connectivity index (χ0n) is 22.2. The molecule has 0 saturated carbocycles. The van der Waals surface area contributed by atoms with Gasteiger partial charge in [0.25, 0.3) is 0 Å². The Morgan fingerprint density at radius 3 is 2.38 bits per heavy atom. The summed E-state index contributed by atoms with van der Waals surface area (Å²) in [4.78, 5) is 2.70. The molecule has 1 aliphatic carbocycles. The quantitative estimate of drug-likeness (QED) is 0.294. The van der Waals surface area contributed by atoms with Gasteiger partial charge in [0.1, 0.15) is 20.4 Å². The van der Waals surface area contributed by atoms with Crippen molar-refractivity contribution >= 4 is 19.3 Å². The molecule has 1 fully saturated rings. The van der Waals surface area contributed by atoms with Gasteiger partial charge in [-0.25, -0.2) is 0 Å². The molecule has 1 atom stereocenters. The first-order valence-corrected chi connectivity index (χ1v) is 15.7. The van der Waals surface area contributed by atoms with E-state index >= 15 is 0 Å². The minimum atomic E-state index is -2.07. The largest absolute Gasteiger partial charge is 0.489 e. The molecule has 1 heterocycles. The first-order valence-electron chi connectivity index (χ1n) is 13.2. The van der Waals surface area contributed by atoms with Crippen LogP contribution < -0.4 is 9.92 Å². The molecule has 2 aromatic carbocycles. The molecule has 1 saturated heterocycles. The van der Waals surface area contributed by atoms with Crippen molar-refractivity contribution in [1.82, 2.24) is 4.90 Å². The van der Waals surface area contributed by atoms with Gasteiger partial charge >= 0.3 is 0 Å². The Balaban J connectivity index is 1.99. The average Bonchev–Trinajstić information content (AvgIpc) is 3.47. The van der Waals surface area contributed by atoms with E-state index in [-0.39, 0.29) is 5.41 Å². The fourth-order valence-electron chi connectivity index (χ4n) is 6.33. The Labute approximate surface area is 208 Å². The second-order valence-electron chi connectivity index (χ2n) is 11.2. The molecule has 0 N–H and O–H groups in total. The third-order valence-corrected chi connectivity index (χ3v) is 13.8. The van der Waals surface area contributed by atoms with Gasteiger partial charge in [0.2, 0.25) is 0 Å². The highest BCUT2D eigenvalue weighted by molar-refractivity contribution is 6.94. The first kappa shape index (κ1) is 24.8. The van der Waals surface area contributed by atoms with Crippen molar-refractivity contribution in [1.29, 1.82) is 0 Å². The van der Waals surface area contributed by atoms with Crippen LogP contribution in [-0.2, 0) is 5.41 Å². The van der Waals surface area contributed by atoms with Gasteiger partial charge in [-0.05, 0) is 53.1 Å². The van der Waals surface area contributed by atoms with Crippen LogP contribution in [0.1, 0.15) is 75.3 Å². The number of likely N-dealkylation sites (tertiary alicyclic amines) is 1. The van der Waals surface area contributed by atoms with Gasteiger partial charge in [0.15, 0.2) is 0 Å². The smallest absolute Gasteiger partial charge is 0.122 e. The normalized spacial score (nSPS) is 18.1. The van der Waals surface area contributed by atoms with Crippen LogP contribution in [0, 0.1) is 6.92 Å². The van der Waals surface area contributed by atoms with Crippen molar-refractivity contribution < 1.29 is 4.74 Å². The molecular weight excluding hydrogens is 430 g/mol. The Bertz CT molecular complexity index is 1070. The number of ether oxygens (including phenoxy) is 1. The van der Waals surface area contributed by atoms with Crippen LogP contribution in [0.5, 0.6) is 5.75 Å². The lowest BCUT2D eigenvalue weighted by Crippen LogP contribution is -2.54. The second kappa shape index (κ2) is 9.77. The highest BCUT2D eigenvalue weighted by Crippen LogP contribution is 2.48. The van der Waals surface area contributed by atoms with Crippen LogP contribution >= 0.6 is 0 Å². The molecule has 34 heavy (non-hydrogen) atoms. The fraction of sp³-hybridized carbons (Fsp3) is 0.484. The third-order valence-electron chi connectivity index (χ3n) is 8.11. The summed E-state index contributed by atoms with van der Waals surface area (Å²) in [5.74, 6) is 1.14. The van der Waals surface area contributed by atoms with Crippen molar-refractivity contribution in [3.63, 3.8) is 0 Å². The third kappa shape index (κ3) is 4.28. The van der Waals surface area contributed by atoms with E-state index < -0.39 is 8.07 Å². The first-order chi connectivity index (χ1) is 16.3. The summed E-state index contributed by atoms with van der Waals surface area (Å²) in [5, 5.41) is 1.51. The number of nitrogens with zero attached hydrogens (tertiary/aromatic N) is 1. The maximum absolute atomic E-state index is 6.60. The molecule has 182 valence electrons. The Morgan fingerprint density at radius 2 is 1.76 bits per heavy atom. The SMILES string of the molecule is C=CCOc1c(C(C)(C)C)cc(C)cc1[Si](CC)(CC)C1C(N2CCCC2)=Cc2ccccc21. The van der Waals surface area contributed by atoms with E-state index in [2.05, 4.69) is 95.5 Å². The average molecular weight is 474 g/mol. The summed E-state index contributed by atoms with van der Waals surface area (Å²) in [6.07, 6.45) is 7.01. The summed E-state index contributed by atoms with van der Waals surface area (Å²) in [6, 6.07) is 16.4. The molecule has 0 bridgehead atoms. The lowest BCUT2D eigenvalue weighted by atomic mass is 9.85. The van der Waals surface area contributed by atoms with Crippen LogP contribution in [0.2, 0.25) is 12.1 Å². The van der Waals surface area contributed by atoms with E-state index in [1.165, 1.54) is 65.5 Å². The minimum Gasteiger partial charge on any atom is -0.489 e. The van der Waals surface area contributed by atoms with Crippen molar-refractivity contribution in [2.45, 2.75) is 77.4 Å². The Kier molecular flexibility index (Phi) is 7.14. The van der Waals surface area contributed by atoms with E-state index in [0.717, 1.165) is 5.75 Å². The molecular formula is C31H43NOSi. The number of benzene rings is 2. The summed E-state index contributed by atoms with van der Waals surface area (Å²) in [7, 11) is -2.07. The van der Waals surface area contributed by atoms with Crippen LogP contribution in [0.4, 0.5) is 0 Å². The molecule has 0 aromatic heterocycles. The molecule has 2 nitrogen and oxygen atoms in total. The molecule has 0 amide bonds. The van der Waals surface area contributed by atoms with Gasteiger partial charge in [-0.2, -0.15) is 0 Å². The van der Waals surface area contributed by atoms with Crippen molar-refractivity contribution in [2.75, 3.05) is 19.7 Å². The number of hydrogen-bond acceptors (Lipinski definition) is 2. The van der Waals surface area contributed by atoms with Crippen LogP contribution in [0.3, 0.4) is 0 Å². The number of fused-ring (bicyclic) bond motifs is 1. The summed E-state index contributed by atoms with van der Waals surface area (Å²) < 4.78 is 6.60. The van der Waals surface area contributed by atoms with E-state index in [1.54, 1.807) is 5.70 Å². The lowest BCUT2D eigenvalue weighted by Gasteiger charge is -2.42. The van der Waals surface area contributed by atoms with E-state index in [4.69, 9.17) is 4.74 Å². The summed E-state index contributed by atoms with van der Waals surface area (Å²) in [6.45, 7) is 21.0. The number of allylic oxidation sites excluding steroid dienone is 1. The lowest BCUT2D eigenvalue weighted by molar-refractivity contribution is 0.353. The predicted molar refractivity (Wildman–Crippen MR) is 150 cm³/mol. The number of aryl methyl sites for hydroxylation is 1. The standard InChI is InChI=1S/C31H43NOSi/c1-8-19-33-29-26(31(5,6)7)20-23(4)21-28(29)34(9-2,10-3)30-25-16-12-11-15-24(25)22-27(30)32-17-13-14-18-32/h8,11-12,15-16,20-22,30H,1,9-10,13-14,17-19H2,2-7H3. The van der Waals surface area contributed by atoms with Gasteiger partial charge in [0, 0.05) is 24.3 Å². The van der Waals surface area contributed by atoms with Gasteiger partial charge < -0.3 is 9.64 Å². The molecule has 3 heteroatoms. The zero-order valence-corrected chi connectivity index (χ0v) is 23.2. The van der Waals surface area contributed by atoms with Gasteiger partial charge in [-0.15, -0.1) is 0 Å². The predicted octanol–water partition coefficient (Wildman–Crippen LogP) is 7.33. The summed E-state index contributed by atoms with van der Waals surface area (Å²) >= 11 is 0. The van der Waals surface area contributed by atoms with Crippen molar-refractivity contribution in [3.8, 4) is 5.75 Å². The maximum Gasteiger partial charge on any atom is 0.122 e. The van der Waals surface area contributed by atoms with E-state index in [0.29, 0.717) is 12.1 Å². The zero-order chi connectivity index (χ0) is 24.5. The molecule has 4 rings (SSSR count). The monoisotopic (exact) mass is 473 g/mol. The summed E-state index contributed by atoms with van der Waals surface area (Å²) in [5.41, 5.74) is 7.70. The van der Waals surface area contributed by atoms with E-state index in [9.17, 15) is 0 Å². The second-order valence-corrected chi connectivity index (χ2v) is 16.1. The maximum atomic E-state index is 6.60. The van der Waals surface area contributed by atoms with Gasteiger partial charge in [-0.1, -0.05) is 101 Å². The van der Waals surface area contributed by atoms with Crippen molar-refractivity contribution in [3.05, 3.63) is 77.0 Å². The van der Waals surface area contributed by atoms with Crippen molar-refractivity contribution in [2.24, 2.45) is 0 Å². The molecule has 2 aliphatic rings. The molecule has 1 unspecified atom stereocenters. The van der Waals surface area contributed by atoms with Gasteiger partial charge in [-0.3, -0.25) is 0 Å². The van der Waals surface area contributed by atoms with E-state index in [1.807, 2.05) is 6.08 Å². The Hall–Kier alpha value is -2.26. The number of rotatable bonds is 8. The molecule has 0 spiro atoms. The van der Waals surface area contributed by atoms with Crippen LogP contribution in [-0.4, -0.2) is 32.7 Å². The fourth-order valence-corrected chi connectivity index (χ4v) is 11.6. The van der Waals surface area contributed by atoms with Crippen LogP contribution in [0.15, 0.2) is 54.8 Å². The Morgan fingerprint density at radius 1 is 1.09 bits per heavy atom. The molecule has 2 aromatic rings. The number of hydrogen-bond donors (Lipinski definition) is 0. The highest BCUT2D eigenvalue weighted by atomic mass is 28.3. The topological polar surface area (TPSA) is 12.5 Å². The molecule has 0 radical (unpaired) electrons.